The maximum Gasteiger partial charge on any atom is 0.261 e. The highest BCUT2D eigenvalue weighted by atomic mass is 19.3. The number of nitrogens with one attached hydrogen (secondary N) is 1. The van der Waals surface area contributed by atoms with Gasteiger partial charge in [-0.2, -0.15) is 0 Å². The zero-order valence-electron chi connectivity index (χ0n) is 11.1. The summed E-state index contributed by atoms with van der Waals surface area (Å²) >= 11 is 0. The van der Waals surface area contributed by atoms with Crippen LogP contribution >= 0.6 is 0 Å². The van der Waals surface area contributed by atoms with Crippen molar-refractivity contribution in [3.05, 3.63) is 30.1 Å². The van der Waals surface area contributed by atoms with Crippen LogP contribution in [0.5, 0.6) is 0 Å². The second-order valence-corrected chi connectivity index (χ2v) is 5.82. The van der Waals surface area contributed by atoms with Crippen LogP contribution in [0.2, 0.25) is 0 Å². The smallest absolute Gasteiger partial charge is 0.261 e. The summed E-state index contributed by atoms with van der Waals surface area (Å²) in [4.78, 5) is 17.6. The third-order valence-corrected chi connectivity index (χ3v) is 4.10. The molecule has 1 aromatic rings. The van der Waals surface area contributed by atoms with E-state index in [1.165, 1.54) is 0 Å². The molecule has 0 saturated carbocycles. The predicted molar refractivity (Wildman–Crippen MR) is 69.1 cm³/mol. The maximum atomic E-state index is 14.0. The number of hydrogen-bond donors (Lipinski definition) is 1. The fourth-order valence-electron chi connectivity index (χ4n) is 3.31. The molecule has 2 aliphatic rings. The van der Waals surface area contributed by atoms with Crippen molar-refractivity contribution in [3.8, 4) is 0 Å². The van der Waals surface area contributed by atoms with Gasteiger partial charge in [0.2, 0.25) is 5.91 Å². The number of amides is 1. The Labute approximate surface area is 116 Å². The normalized spacial score (nSPS) is 29.6. The van der Waals surface area contributed by atoms with Gasteiger partial charge < -0.3 is 5.32 Å². The Kier molecular flexibility index (Phi) is 3.20. The van der Waals surface area contributed by atoms with Crippen molar-refractivity contribution in [2.75, 3.05) is 19.6 Å². The fraction of sp³-hybridized carbons (Fsp3) is 0.571. The molecule has 0 aliphatic carbocycles. The lowest BCUT2D eigenvalue weighted by Gasteiger charge is -2.42. The van der Waals surface area contributed by atoms with Crippen molar-refractivity contribution >= 4 is 5.91 Å². The first-order valence-electron chi connectivity index (χ1n) is 6.77. The van der Waals surface area contributed by atoms with E-state index in [0.29, 0.717) is 26.1 Å². The van der Waals surface area contributed by atoms with Gasteiger partial charge in [0.15, 0.2) is 0 Å². The number of carbonyl (C=O) groups excluding carboxylic acids is 1. The van der Waals surface area contributed by atoms with Crippen molar-refractivity contribution in [3.63, 3.8) is 0 Å². The number of aromatic nitrogens is 1. The highest BCUT2D eigenvalue weighted by Crippen LogP contribution is 2.43. The number of halogens is 2. The lowest BCUT2D eigenvalue weighted by atomic mass is 9.77. The van der Waals surface area contributed by atoms with Gasteiger partial charge in [0, 0.05) is 38.4 Å². The monoisotopic (exact) mass is 281 g/mol. The topological polar surface area (TPSA) is 45.2 Å². The minimum atomic E-state index is -2.81. The first-order valence-corrected chi connectivity index (χ1v) is 6.77. The van der Waals surface area contributed by atoms with Crippen LogP contribution in [0, 0.1) is 5.41 Å². The van der Waals surface area contributed by atoms with E-state index in [0.717, 1.165) is 5.56 Å². The summed E-state index contributed by atoms with van der Waals surface area (Å²) in [5.74, 6) is -3.04. The minimum Gasteiger partial charge on any atom is -0.356 e. The van der Waals surface area contributed by atoms with Crippen molar-refractivity contribution in [2.24, 2.45) is 5.41 Å². The molecule has 4 nitrogen and oxygen atoms in total. The minimum absolute atomic E-state index is 0.225. The molecule has 1 amide bonds. The highest BCUT2D eigenvalue weighted by molar-refractivity contribution is 5.85. The van der Waals surface area contributed by atoms with Gasteiger partial charge in [0.05, 0.1) is 12.0 Å². The summed E-state index contributed by atoms with van der Waals surface area (Å²) in [6.07, 6.45) is 3.46. The highest BCUT2D eigenvalue weighted by Gasteiger charge is 2.54. The van der Waals surface area contributed by atoms with E-state index < -0.39 is 11.3 Å². The summed E-state index contributed by atoms with van der Waals surface area (Å²) in [6, 6.07) is 3.63. The molecule has 1 aromatic heterocycles. The molecule has 0 unspecified atom stereocenters. The van der Waals surface area contributed by atoms with Crippen LogP contribution in [-0.4, -0.2) is 41.3 Å². The Morgan fingerprint density at radius 3 is 2.70 bits per heavy atom. The second-order valence-electron chi connectivity index (χ2n) is 5.82. The lowest BCUT2D eigenvalue weighted by Crippen LogP contribution is -2.54. The van der Waals surface area contributed by atoms with Crippen LogP contribution < -0.4 is 5.32 Å². The Morgan fingerprint density at radius 1 is 1.30 bits per heavy atom. The SMILES string of the molecule is O=C1NCC[C@@]12CN(Cc1ccncc1)CC(F)(F)C2. The number of piperidine rings is 1. The van der Waals surface area contributed by atoms with Gasteiger partial charge in [-0.05, 0) is 24.1 Å². The van der Waals surface area contributed by atoms with Gasteiger partial charge in [-0.1, -0.05) is 0 Å². The quantitative estimate of drug-likeness (QED) is 0.892. The number of carbonyl (C=O) groups is 1. The largest absolute Gasteiger partial charge is 0.356 e. The Hall–Kier alpha value is -1.56. The molecule has 1 spiro atoms. The van der Waals surface area contributed by atoms with E-state index in [4.69, 9.17) is 0 Å². The molecular formula is C14H17F2N3O. The van der Waals surface area contributed by atoms with Crippen LogP contribution in [0.3, 0.4) is 0 Å². The average molecular weight is 281 g/mol. The Morgan fingerprint density at radius 2 is 2.05 bits per heavy atom. The predicted octanol–water partition coefficient (Wildman–Crippen LogP) is 1.43. The molecule has 3 heterocycles. The molecule has 6 heteroatoms. The molecule has 2 fully saturated rings. The maximum absolute atomic E-state index is 14.0. The van der Waals surface area contributed by atoms with Crippen LogP contribution in [0.25, 0.3) is 0 Å². The van der Waals surface area contributed by atoms with E-state index in [9.17, 15) is 13.6 Å². The van der Waals surface area contributed by atoms with Gasteiger partial charge in [-0.25, -0.2) is 8.78 Å². The van der Waals surface area contributed by atoms with Crippen LogP contribution in [0.1, 0.15) is 18.4 Å². The first-order chi connectivity index (χ1) is 9.49. The summed E-state index contributed by atoms with van der Waals surface area (Å²) in [5.41, 5.74) is 0.0145. The van der Waals surface area contributed by atoms with Gasteiger partial charge >= 0.3 is 0 Å². The summed E-state index contributed by atoms with van der Waals surface area (Å²) < 4.78 is 28.0. The molecule has 1 N–H and O–H groups in total. The number of nitrogens with zero attached hydrogens (tertiary/aromatic N) is 2. The van der Waals surface area contributed by atoms with E-state index >= 15 is 0 Å². The van der Waals surface area contributed by atoms with Crippen LogP contribution in [0.15, 0.2) is 24.5 Å². The number of rotatable bonds is 2. The molecule has 2 saturated heterocycles. The van der Waals surface area contributed by atoms with Crippen molar-refractivity contribution in [2.45, 2.75) is 25.3 Å². The molecule has 0 aromatic carbocycles. The Bertz CT molecular complexity index is 508. The molecule has 0 bridgehead atoms. The van der Waals surface area contributed by atoms with Gasteiger partial charge in [-0.3, -0.25) is 14.7 Å². The number of likely N-dealkylation sites (tertiary alicyclic amines) is 1. The molecule has 0 radical (unpaired) electrons. The van der Waals surface area contributed by atoms with Gasteiger partial charge in [0.1, 0.15) is 0 Å². The molecule has 3 rings (SSSR count). The summed E-state index contributed by atoms with van der Waals surface area (Å²) in [6.45, 7) is 1.03. The van der Waals surface area contributed by atoms with Crippen LogP contribution in [-0.2, 0) is 11.3 Å². The van der Waals surface area contributed by atoms with E-state index in [-0.39, 0.29) is 18.9 Å². The standard InChI is InChI=1S/C14H17F2N3O/c15-14(16)8-13(3-6-18-12(13)20)9-19(10-14)7-11-1-4-17-5-2-11/h1-2,4-5H,3,6-10H2,(H,18,20)/t13-/m1/s1. The molecule has 1 atom stereocenters. The molecular weight excluding hydrogens is 264 g/mol. The summed E-state index contributed by atoms with van der Waals surface area (Å²) in [5, 5.41) is 2.69. The lowest BCUT2D eigenvalue weighted by molar-refractivity contribution is -0.149. The number of alkyl halides is 2. The fourth-order valence-corrected chi connectivity index (χ4v) is 3.31. The Balaban J connectivity index is 1.80. The molecule has 20 heavy (non-hydrogen) atoms. The third-order valence-electron chi connectivity index (χ3n) is 4.10. The number of pyridine rings is 1. The van der Waals surface area contributed by atoms with Gasteiger partial charge in [-0.15, -0.1) is 0 Å². The first kappa shape index (κ1) is 13.4. The van der Waals surface area contributed by atoms with Gasteiger partial charge in [0.25, 0.3) is 5.92 Å². The van der Waals surface area contributed by atoms with Crippen molar-refractivity contribution < 1.29 is 13.6 Å². The zero-order chi connectivity index (χ0) is 14.2. The third kappa shape index (κ3) is 2.52. The molecule has 2 aliphatic heterocycles. The van der Waals surface area contributed by atoms with E-state index in [1.54, 1.807) is 17.3 Å². The summed E-state index contributed by atoms with van der Waals surface area (Å²) in [7, 11) is 0. The molecule has 108 valence electrons. The van der Waals surface area contributed by atoms with Crippen molar-refractivity contribution in [1.29, 1.82) is 0 Å². The zero-order valence-corrected chi connectivity index (χ0v) is 11.1. The average Bonchev–Trinajstić information content (AvgIpc) is 2.69. The second kappa shape index (κ2) is 4.77. The number of hydrogen-bond acceptors (Lipinski definition) is 3. The van der Waals surface area contributed by atoms with Crippen molar-refractivity contribution in [1.82, 2.24) is 15.2 Å². The van der Waals surface area contributed by atoms with Crippen LogP contribution in [0.4, 0.5) is 8.78 Å². The van der Waals surface area contributed by atoms with E-state index in [2.05, 4.69) is 10.3 Å². The van der Waals surface area contributed by atoms with E-state index in [1.807, 2.05) is 12.1 Å².